The molecule has 5 rings (SSSR count). The summed E-state index contributed by atoms with van der Waals surface area (Å²) in [5, 5.41) is 0. The van der Waals surface area contributed by atoms with Crippen LogP contribution in [0.1, 0.15) is 44.9 Å². The van der Waals surface area contributed by atoms with Crippen LogP contribution >= 0.6 is 17.0 Å². The Bertz CT molecular complexity index is 337. The fraction of sp³-hybridized carbons (Fsp3) is 0.733. The van der Waals surface area contributed by atoms with Gasteiger partial charge in [-0.15, -0.1) is 0 Å². The molecule has 18 heavy (non-hydrogen) atoms. The number of rotatable bonds is 1. The monoisotopic (exact) mass is 360 g/mol. The van der Waals surface area contributed by atoms with Crippen molar-refractivity contribution in [3.8, 4) is 0 Å². The van der Waals surface area contributed by atoms with Crippen LogP contribution in [0, 0.1) is 23.2 Å². The summed E-state index contributed by atoms with van der Waals surface area (Å²) in [6.07, 6.45) is 17.8. The predicted molar refractivity (Wildman–Crippen MR) is 74.2 cm³/mol. The summed E-state index contributed by atoms with van der Waals surface area (Å²) in [4.78, 5) is 0. The Kier molecular flexibility index (Phi) is 4.44. The summed E-state index contributed by atoms with van der Waals surface area (Å²) in [5.74, 6) is 3.27. The van der Waals surface area contributed by atoms with Gasteiger partial charge in [0, 0.05) is 0 Å². The van der Waals surface area contributed by atoms with Crippen molar-refractivity contribution in [1.82, 2.24) is 0 Å². The standard InChI is InChI=1S/C15H20.2ClH.Zr/c1-2-4-14(3-1)15-8-11-5-12(9-15)7-13(6-11)10-15;;;/h1,3-4,11-13H,2,5-10H2;2*1H;/q;;;+2/p-2. The van der Waals surface area contributed by atoms with Crippen molar-refractivity contribution in [3.05, 3.63) is 23.8 Å². The van der Waals surface area contributed by atoms with Crippen LogP contribution < -0.4 is 0 Å². The molecule has 0 radical (unpaired) electrons. The molecule has 0 atom stereocenters. The molecule has 4 bridgehead atoms. The van der Waals surface area contributed by atoms with Crippen molar-refractivity contribution in [2.24, 2.45) is 23.2 Å². The first-order valence-electron chi connectivity index (χ1n) is 7.09. The van der Waals surface area contributed by atoms with Gasteiger partial charge in [0.1, 0.15) is 0 Å². The van der Waals surface area contributed by atoms with E-state index in [1.54, 1.807) is 24.8 Å². The van der Waals surface area contributed by atoms with Gasteiger partial charge >= 0.3 is 37.9 Å². The fourth-order valence-corrected chi connectivity index (χ4v) is 5.32. The molecule has 4 saturated carbocycles. The maximum absolute atomic E-state index is 4.93. The Morgan fingerprint density at radius 3 is 1.89 bits per heavy atom. The van der Waals surface area contributed by atoms with Crippen molar-refractivity contribution < 1.29 is 20.8 Å². The van der Waals surface area contributed by atoms with Crippen LogP contribution in [0.15, 0.2) is 23.8 Å². The predicted octanol–water partition coefficient (Wildman–Crippen LogP) is 5.47. The summed E-state index contributed by atoms with van der Waals surface area (Å²) in [7, 11) is 9.87. The summed E-state index contributed by atoms with van der Waals surface area (Å²) in [6, 6.07) is 0. The summed E-state index contributed by atoms with van der Waals surface area (Å²) >= 11 is -0.826. The van der Waals surface area contributed by atoms with E-state index in [9.17, 15) is 0 Å². The number of halogens is 2. The SMILES string of the molecule is C1=CC(C23CC4CC(CC(C4)C2)C3)=CC1.[Cl][Zr][Cl]. The van der Waals surface area contributed by atoms with Gasteiger partial charge < -0.3 is 0 Å². The van der Waals surface area contributed by atoms with E-state index in [1.165, 1.54) is 25.7 Å². The average Bonchev–Trinajstić information content (AvgIpc) is 2.81. The normalized spacial score (nSPS) is 43.4. The molecule has 0 amide bonds. The third-order valence-electron chi connectivity index (χ3n) is 5.42. The molecule has 5 aliphatic rings. The van der Waals surface area contributed by atoms with E-state index >= 15 is 0 Å². The second-order valence-corrected chi connectivity index (χ2v) is 10.3. The van der Waals surface area contributed by atoms with E-state index in [1.807, 2.05) is 0 Å². The van der Waals surface area contributed by atoms with Gasteiger partial charge in [-0.2, -0.15) is 0 Å². The molecule has 0 unspecified atom stereocenters. The molecule has 0 heterocycles. The van der Waals surface area contributed by atoms with E-state index in [0.29, 0.717) is 5.41 Å². The molecule has 3 heteroatoms. The zero-order chi connectivity index (χ0) is 12.6. The van der Waals surface area contributed by atoms with Crippen LogP contribution in [0.5, 0.6) is 0 Å². The summed E-state index contributed by atoms with van der Waals surface area (Å²) in [5.41, 5.74) is 2.38. The molecule has 0 aliphatic heterocycles. The third-order valence-corrected chi connectivity index (χ3v) is 5.42. The van der Waals surface area contributed by atoms with Crippen molar-refractivity contribution in [2.75, 3.05) is 0 Å². The van der Waals surface area contributed by atoms with Crippen molar-refractivity contribution in [3.63, 3.8) is 0 Å². The molecule has 0 N–H and O–H groups in total. The molecule has 0 nitrogen and oxygen atoms in total. The molecular formula is C15H20Cl2Zr. The minimum atomic E-state index is -0.826. The first-order chi connectivity index (χ1) is 8.75. The van der Waals surface area contributed by atoms with Crippen LogP contribution in [0.2, 0.25) is 0 Å². The van der Waals surface area contributed by atoms with E-state index in [0.717, 1.165) is 17.8 Å². The Hall–Kier alpha value is 0.943. The van der Waals surface area contributed by atoms with E-state index < -0.39 is 20.8 Å². The van der Waals surface area contributed by atoms with Gasteiger partial charge in [0.15, 0.2) is 0 Å². The van der Waals surface area contributed by atoms with Gasteiger partial charge in [0.05, 0.1) is 0 Å². The first-order valence-corrected chi connectivity index (χ1v) is 13.4. The number of hydrogen-bond acceptors (Lipinski definition) is 0. The second kappa shape index (κ2) is 5.75. The molecule has 98 valence electrons. The van der Waals surface area contributed by atoms with Crippen molar-refractivity contribution >= 4 is 17.0 Å². The first kappa shape index (κ1) is 13.9. The minimum absolute atomic E-state index is 0.655. The third kappa shape index (κ3) is 2.57. The van der Waals surface area contributed by atoms with Gasteiger partial charge in [-0.3, -0.25) is 0 Å². The maximum atomic E-state index is 4.93. The molecule has 0 aromatic rings. The van der Waals surface area contributed by atoms with Crippen LogP contribution in [0.4, 0.5) is 0 Å². The zero-order valence-corrected chi connectivity index (χ0v) is 14.6. The Morgan fingerprint density at radius 2 is 1.50 bits per heavy atom. The van der Waals surface area contributed by atoms with Gasteiger partial charge in [-0.1, -0.05) is 18.2 Å². The Balaban J connectivity index is 0.000000307. The fourth-order valence-electron chi connectivity index (χ4n) is 5.32. The van der Waals surface area contributed by atoms with E-state index in [4.69, 9.17) is 17.0 Å². The van der Waals surface area contributed by atoms with Crippen molar-refractivity contribution in [1.29, 1.82) is 0 Å². The molecule has 5 aliphatic carbocycles. The molecule has 4 fully saturated rings. The molecule has 0 spiro atoms. The number of hydrogen-bond donors (Lipinski definition) is 0. The second-order valence-electron chi connectivity index (χ2n) is 6.57. The van der Waals surface area contributed by atoms with Gasteiger partial charge in [0.25, 0.3) is 0 Å². The molecule has 0 aromatic heterocycles. The quantitative estimate of drug-likeness (QED) is 0.581. The van der Waals surface area contributed by atoms with Crippen LogP contribution in [-0.4, -0.2) is 0 Å². The van der Waals surface area contributed by atoms with Crippen LogP contribution in [0.25, 0.3) is 0 Å². The summed E-state index contributed by atoms with van der Waals surface area (Å²) in [6.45, 7) is 0. The summed E-state index contributed by atoms with van der Waals surface area (Å²) < 4.78 is 0. The van der Waals surface area contributed by atoms with Gasteiger partial charge in [-0.05, 0) is 73.7 Å². The van der Waals surface area contributed by atoms with Crippen molar-refractivity contribution in [2.45, 2.75) is 44.9 Å². The van der Waals surface area contributed by atoms with Crippen LogP contribution in [-0.2, 0) is 20.8 Å². The van der Waals surface area contributed by atoms with Gasteiger partial charge in [0.2, 0.25) is 0 Å². The van der Waals surface area contributed by atoms with E-state index in [2.05, 4.69) is 18.2 Å². The van der Waals surface area contributed by atoms with E-state index in [-0.39, 0.29) is 0 Å². The Labute approximate surface area is 129 Å². The Morgan fingerprint density at radius 1 is 1.00 bits per heavy atom. The molecular weight excluding hydrogens is 342 g/mol. The molecule has 0 saturated heterocycles. The van der Waals surface area contributed by atoms with Gasteiger partial charge in [-0.25, -0.2) is 0 Å². The molecule has 0 aromatic carbocycles. The topological polar surface area (TPSA) is 0 Å². The number of allylic oxidation sites excluding steroid dienone is 4. The van der Waals surface area contributed by atoms with Crippen LogP contribution in [0.3, 0.4) is 0 Å². The zero-order valence-electron chi connectivity index (χ0n) is 10.7. The average molecular weight is 362 g/mol.